The van der Waals surface area contributed by atoms with Gasteiger partial charge < -0.3 is 9.84 Å². The molecule has 5 heteroatoms. The highest BCUT2D eigenvalue weighted by molar-refractivity contribution is 7.11. The second kappa shape index (κ2) is 5.31. The molecule has 15 heavy (non-hydrogen) atoms. The third kappa shape index (κ3) is 3.55. The first-order valence-electron chi connectivity index (χ1n) is 4.18. The monoisotopic (exact) mass is 226 g/mol. The van der Waals surface area contributed by atoms with E-state index in [-0.39, 0.29) is 18.0 Å². The van der Waals surface area contributed by atoms with Crippen LogP contribution in [0.3, 0.4) is 0 Å². The molecule has 1 heterocycles. The zero-order valence-electron chi connectivity index (χ0n) is 8.10. The summed E-state index contributed by atoms with van der Waals surface area (Å²) in [6.45, 7) is 0. The molecule has 0 radical (unpaired) electrons. The van der Waals surface area contributed by atoms with E-state index in [2.05, 4.69) is 4.74 Å². The Bertz CT molecular complexity index is 392. The minimum atomic E-state index is -0.945. The molecule has 0 aliphatic carbocycles. The van der Waals surface area contributed by atoms with Crippen LogP contribution in [0.25, 0.3) is 6.08 Å². The van der Waals surface area contributed by atoms with Gasteiger partial charge in [-0.25, -0.2) is 4.79 Å². The van der Waals surface area contributed by atoms with Crippen molar-refractivity contribution in [3.8, 4) is 0 Å². The largest absolute Gasteiger partial charge is 0.478 e. The minimum Gasteiger partial charge on any atom is -0.478 e. The first-order chi connectivity index (χ1) is 7.13. The van der Waals surface area contributed by atoms with Gasteiger partial charge in [0.25, 0.3) is 0 Å². The Balaban J connectivity index is 2.57. The van der Waals surface area contributed by atoms with Gasteiger partial charge in [0, 0.05) is 10.3 Å². The molecule has 80 valence electrons. The minimum absolute atomic E-state index is 0.191. The maximum absolute atomic E-state index is 10.8. The highest BCUT2D eigenvalue weighted by Gasteiger charge is 2.04. The van der Waals surface area contributed by atoms with Crippen LogP contribution < -0.4 is 0 Å². The predicted octanol–water partition coefficient (Wildman–Crippen LogP) is 2.02. The van der Waals surface area contributed by atoms with Crippen molar-refractivity contribution in [1.82, 2.24) is 0 Å². The van der Waals surface area contributed by atoms with Gasteiger partial charge in [0.05, 0.1) is 19.1 Å². The number of esters is 1. The number of carboxylic acid groups (broad SMARTS) is 1. The fraction of sp³-hybridized carbons (Fsp3) is 0.200. The second-order valence-corrected chi connectivity index (χ2v) is 3.67. The Labute approximate surface area is 90.8 Å². The Morgan fingerprint density at radius 2 is 2.33 bits per heavy atom. The normalized spacial score (nSPS) is 10.5. The summed E-state index contributed by atoms with van der Waals surface area (Å²) in [6.07, 6.45) is 3.54. The standard InChI is InChI=1S/C10H10O4S/c1-14-9(11)4-2-3-8-5-7(6-15-8)10(12)13/h2-3,5-6H,4H2,1H3,(H,12,13). The number of hydrogen-bond acceptors (Lipinski definition) is 4. The van der Waals surface area contributed by atoms with Gasteiger partial charge in [-0.3, -0.25) is 4.79 Å². The first kappa shape index (κ1) is 11.5. The van der Waals surface area contributed by atoms with Crippen LogP contribution in [0.2, 0.25) is 0 Å². The van der Waals surface area contributed by atoms with E-state index in [0.717, 1.165) is 4.88 Å². The molecule has 0 aliphatic heterocycles. The molecule has 0 saturated carbocycles. The van der Waals surface area contributed by atoms with E-state index < -0.39 is 5.97 Å². The Morgan fingerprint density at radius 1 is 1.60 bits per heavy atom. The number of carbonyl (C=O) groups is 2. The van der Waals surface area contributed by atoms with Crippen molar-refractivity contribution in [2.75, 3.05) is 7.11 Å². The molecule has 0 bridgehead atoms. The van der Waals surface area contributed by atoms with E-state index in [1.54, 1.807) is 23.6 Å². The molecule has 0 spiro atoms. The molecule has 1 aromatic heterocycles. The summed E-state index contributed by atoms with van der Waals surface area (Å²) in [5, 5.41) is 10.2. The van der Waals surface area contributed by atoms with Crippen LogP contribution in [0.15, 0.2) is 17.5 Å². The topological polar surface area (TPSA) is 63.6 Å². The fourth-order valence-electron chi connectivity index (χ4n) is 0.907. The summed E-state index contributed by atoms with van der Waals surface area (Å²) < 4.78 is 4.45. The molecular formula is C10H10O4S. The lowest BCUT2D eigenvalue weighted by atomic mass is 10.3. The molecule has 0 aliphatic rings. The van der Waals surface area contributed by atoms with E-state index >= 15 is 0 Å². The van der Waals surface area contributed by atoms with Crippen molar-refractivity contribution in [2.24, 2.45) is 0 Å². The van der Waals surface area contributed by atoms with E-state index in [9.17, 15) is 9.59 Å². The second-order valence-electron chi connectivity index (χ2n) is 2.73. The van der Waals surface area contributed by atoms with Gasteiger partial charge in [-0.1, -0.05) is 6.08 Å². The lowest BCUT2D eigenvalue weighted by Gasteiger charge is -1.91. The molecule has 0 amide bonds. The average molecular weight is 226 g/mol. The highest BCUT2D eigenvalue weighted by Crippen LogP contribution is 2.16. The fourth-order valence-corrected chi connectivity index (χ4v) is 1.71. The number of thiophene rings is 1. The molecule has 1 aromatic rings. The van der Waals surface area contributed by atoms with Gasteiger partial charge >= 0.3 is 11.9 Å². The summed E-state index contributed by atoms with van der Waals surface area (Å²) in [4.78, 5) is 22.1. The van der Waals surface area contributed by atoms with Gasteiger partial charge in [-0.05, 0) is 12.1 Å². The molecule has 0 atom stereocenters. The SMILES string of the molecule is COC(=O)CC=Cc1cc(C(=O)O)cs1. The van der Waals surface area contributed by atoms with Crippen LogP contribution in [0.1, 0.15) is 21.7 Å². The molecule has 0 aromatic carbocycles. The van der Waals surface area contributed by atoms with Gasteiger partial charge in [0.2, 0.25) is 0 Å². The number of ether oxygens (including phenoxy) is 1. The molecule has 0 saturated heterocycles. The molecule has 1 rings (SSSR count). The van der Waals surface area contributed by atoms with Crippen molar-refractivity contribution in [1.29, 1.82) is 0 Å². The third-order valence-electron chi connectivity index (χ3n) is 1.66. The van der Waals surface area contributed by atoms with E-state index in [1.165, 1.54) is 18.4 Å². The van der Waals surface area contributed by atoms with Gasteiger partial charge in [0.15, 0.2) is 0 Å². The average Bonchev–Trinajstić information content (AvgIpc) is 2.66. The van der Waals surface area contributed by atoms with Crippen LogP contribution in [0, 0.1) is 0 Å². The lowest BCUT2D eigenvalue weighted by molar-refractivity contribution is -0.139. The summed E-state index contributed by atoms with van der Waals surface area (Å²) in [5.41, 5.74) is 0.262. The van der Waals surface area contributed by atoms with Crippen molar-refractivity contribution < 1.29 is 19.4 Å². The highest BCUT2D eigenvalue weighted by atomic mass is 32.1. The molecule has 0 fully saturated rings. The zero-order valence-corrected chi connectivity index (χ0v) is 8.91. The van der Waals surface area contributed by atoms with Crippen LogP contribution in [-0.2, 0) is 9.53 Å². The Morgan fingerprint density at radius 3 is 2.87 bits per heavy atom. The summed E-state index contributed by atoms with van der Waals surface area (Å²) in [5.74, 6) is -1.26. The van der Waals surface area contributed by atoms with Gasteiger partial charge in [-0.2, -0.15) is 0 Å². The van der Waals surface area contributed by atoms with E-state index in [1.807, 2.05) is 0 Å². The van der Waals surface area contributed by atoms with E-state index in [0.29, 0.717) is 0 Å². The number of carboxylic acids is 1. The van der Waals surface area contributed by atoms with Gasteiger partial charge in [-0.15, -0.1) is 11.3 Å². The summed E-state index contributed by atoms with van der Waals surface area (Å²) in [7, 11) is 1.32. The van der Waals surface area contributed by atoms with E-state index in [4.69, 9.17) is 5.11 Å². The Hall–Kier alpha value is -1.62. The van der Waals surface area contributed by atoms with Crippen molar-refractivity contribution >= 4 is 29.4 Å². The first-order valence-corrected chi connectivity index (χ1v) is 5.06. The van der Waals surface area contributed by atoms with Crippen LogP contribution in [0.5, 0.6) is 0 Å². The summed E-state index contributed by atoms with van der Waals surface area (Å²) in [6, 6.07) is 1.56. The number of hydrogen-bond donors (Lipinski definition) is 1. The maximum atomic E-state index is 10.8. The molecule has 0 unspecified atom stereocenters. The number of carbonyl (C=O) groups excluding carboxylic acids is 1. The Kier molecular flexibility index (Phi) is 4.05. The molecule has 1 N–H and O–H groups in total. The number of aromatic carboxylic acids is 1. The lowest BCUT2D eigenvalue weighted by Crippen LogP contribution is -1.96. The third-order valence-corrected chi connectivity index (χ3v) is 2.56. The van der Waals surface area contributed by atoms with Crippen molar-refractivity contribution in [2.45, 2.75) is 6.42 Å². The van der Waals surface area contributed by atoms with Crippen LogP contribution in [0.4, 0.5) is 0 Å². The quantitative estimate of drug-likeness (QED) is 0.798. The zero-order chi connectivity index (χ0) is 11.3. The van der Waals surface area contributed by atoms with Gasteiger partial charge in [0.1, 0.15) is 0 Å². The van der Waals surface area contributed by atoms with Crippen molar-refractivity contribution in [3.05, 3.63) is 28.0 Å². The molecule has 4 nitrogen and oxygen atoms in total. The number of methoxy groups -OCH3 is 1. The van der Waals surface area contributed by atoms with Crippen LogP contribution in [-0.4, -0.2) is 24.2 Å². The number of rotatable bonds is 4. The maximum Gasteiger partial charge on any atom is 0.336 e. The predicted molar refractivity (Wildman–Crippen MR) is 56.9 cm³/mol. The summed E-state index contributed by atoms with van der Waals surface area (Å²) >= 11 is 1.32. The van der Waals surface area contributed by atoms with Crippen molar-refractivity contribution in [3.63, 3.8) is 0 Å². The molecular weight excluding hydrogens is 216 g/mol. The smallest absolute Gasteiger partial charge is 0.336 e. The van der Waals surface area contributed by atoms with Crippen LogP contribution >= 0.6 is 11.3 Å².